The molecule has 1 N–H and O–H groups in total. The Morgan fingerprint density at radius 2 is 2.04 bits per heavy atom. The van der Waals surface area contributed by atoms with Crippen molar-refractivity contribution in [1.82, 2.24) is 14.3 Å². The monoisotopic (exact) mass is 355 g/mol. The van der Waals surface area contributed by atoms with Crippen LogP contribution in [0.2, 0.25) is 0 Å². The van der Waals surface area contributed by atoms with Gasteiger partial charge >= 0.3 is 0 Å². The van der Waals surface area contributed by atoms with Crippen molar-refractivity contribution in [1.29, 1.82) is 0 Å². The third-order valence-corrected chi connectivity index (χ3v) is 5.43. The zero-order chi connectivity index (χ0) is 17.4. The van der Waals surface area contributed by atoms with Crippen LogP contribution in [0.25, 0.3) is 4.83 Å². The number of rotatable bonds is 3. The Morgan fingerprint density at radius 1 is 1.24 bits per heavy atom. The van der Waals surface area contributed by atoms with Gasteiger partial charge in [-0.3, -0.25) is 4.79 Å². The van der Waals surface area contributed by atoms with Crippen LogP contribution in [0.1, 0.15) is 15.9 Å². The van der Waals surface area contributed by atoms with Crippen molar-refractivity contribution in [3.05, 3.63) is 47.1 Å². The summed E-state index contributed by atoms with van der Waals surface area (Å²) in [6.45, 7) is 6.03. The number of amides is 1. The van der Waals surface area contributed by atoms with Gasteiger partial charge in [0.1, 0.15) is 11.6 Å². The molecule has 1 aliphatic heterocycles. The van der Waals surface area contributed by atoms with Crippen LogP contribution < -0.4 is 10.2 Å². The molecule has 0 aliphatic carbocycles. The number of likely N-dealkylation sites (N-methyl/N-ethyl adjacent to an activating group) is 1. The predicted molar refractivity (Wildman–Crippen MR) is 102 cm³/mol. The van der Waals surface area contributed by atoms with E-state index in [4.69, 9.17) is 4.98 Å². The first-order valence-corrected chi connectivity index (χ1v) is 9.26. The summed E-state index contributed by atoms with van der Waals surface area (Å²) in [5.74, 6) is 1.43. The van der Waals surface area contributed by atoms with E-state index in [1.54, 1.807) is 11.3 Å². The molecule has 4 heterocycles. The van der Waals surface area contributed by atoms with Crippen LogP contribution in [0.15, 0.2) is 36.0 Å². The minimum absolute atomic E-state index is 0.128. The van der Waals surface area contributed by atoms with Crippen LogP contribution in [-0.2, 0) is 0 Å². The van der Waals surface area contributed by atoms with Gasteiger partial charge in [-0.15, -0.1) is 11.3 Å². The first-order valence-electron chi connectivity index (χ1n) is 8.38. The summed E-state index contributed by atoms with van der Waals surface area (Å²) in [4.78, 5) is 22.9. The SMILES string of the molecule is Cc1ccc(NC(=O)c2cc3sccn3c2)nc1N1CCN(C)CC1. The molecule has 0 saturated carbocycles. The van der Waals surface area contributed by atoms with Gasteiger partial charge in [-0.2, -0.15) is 0 Å². The molecule has 1 aliphatic rings. The number of pyridine rings is 1. The topological polar surface area (TPSA) is 52.9 Å². The van der Waals surface area contributed by atoms with E-state index in [0.29, 0.717) is 11.4 Å². The van der Waals surface area contributed by atoms with Crippen molar-refractivity contribution in [2.45, 2.75) is 6.92 Å². The lowest BCUT2D eigenvalue weighted by Gasteiger charge is -2.34. The Kier molecular flexibility index (Phi) is 4.19. The molecule has 25 heavy (non-hydrogen) atoms. The fraction of sp³-hybridized carbons (Fsp3) is 0.333. The normalized spacial score (nSPS) is 15.7. The summed E-state index contributed by atoms with van der Waals surface area (Å²) in [5, 5.41) is 4.93. The number of piperazine rings is 1. The average Bonchev–Trinajstić information content (AvgIpc) is 3.19. The van der Waals surface area contributed by atoms with Crippen molar-refractivity contribution in [3.63, 3.8) is 0 Å². The van der Waals surface area contributed by atoms with Gasteiger partial charge in [0.05, 0.1) is 10.4 Å². The van der Waals surface area contributed by atoms with Gasteiger partial charge in [-0.25, -0.2) is 4.98 Å². The van der Waals surface area contributed by atoms with Gasteiger partial charge < -0.3 is 19.5 Å². The van der Waals surface area contributed by atoms with Gasteiger partial charge in [0.15, 0.2) is 0 Å². The summed E-state index contributed by atoms with van der Waals surface area (Å²) < 4.78 is 1.96. The number of hydrogen-bond acceptors (Lipinski definition) is 5. The molecule has 7 heteroatoms. The van der Waals surface area contributed by atoms with Crippen molar-refractivity contribution < 1.29 is 4.79 Å². The predicted octanol–water partition coefficient (Wildman–Crippen LogP) is 2.71. The summed E-state index contributed by atoms with van der Waals surface area (Å²) >= 11 is 1.61. The maximum absolute atomic E-state index is 12.5. The van der Waals surface area contributed by atoms with Gasteiger partial charge in [0.2, 0.25) is 0 Å². The number of aromatic nitrogens is 2. The quantitative estimate of drug-likeness (QED) is 0.785. The molecule has 6 nitrogen and oxygen atoms in total. The van der Waals surface area contributed by atoms with E-state index < -0.39 is 0 Å². The highest BCUT2D eigenvalue weighted by Crippen LogP contribution is 2.22. The van der Waals surface area contributed by atoms with Crippen molar-refractivity contribution in [2.24, 2.45) is 0 Å². The van der Waals surface area contributed by atoms with E-state index in [1.165, 1.54) is 0 Å². The third-order valence-electron chi connectivity index (χ3n) is 4.60. The van der Waals surface area contributed by atoms with Crippen molar-refractivity contribution >= 4 is 33.7 Å². The molecule has 4 rings (SSSR count). The highest BCUT2D eigenvalue weighted by Gasteiger charge is 2.18. The van der Waals surface area contributed by atoms with E-state index in [-0.39, 0.29) is 5.91 Å². The molecule has 0 atom stereocenters. The van der Waals surface area contributed by atoms with E-state index in [0.717, 1.165) is 42.4 Å². The summed E-state index contributed by atoms with van der Waals surface area (Å²) in [6, 6.07) is 5.79. The van der Waals surface area contributed by atoms with Crippen molar-refractivity contribution in [3.8, 4) is 0 Å². The molecule has 1 saturated heterocycles. The minimum Gasteiger partial charge on any atom is -0.354 e. The number of thiazole rings is 1. The number of nitrogens with one attached hydrogen (secondary N) is 1. The Morgan fingerprint density at radius 3 is 2.80 bits per heavy atom. The van der Waals surface area contributed by atoms with E-state index in [1.807, 2.05) is 40.4 Å². The minimum atomic E-state index is -0.128. The third kappa shape index (κ3) is 3.25. The number of carbonyl (C=O) groups excluding carboxylic acids is 1. The number of anilines is 2. The lowest BCUT2D eigenvalue weighted by atomic mass is 10.2. The van der Waals surface area contributed by atoms with Gasteiger partial charge in [-0.1, -0.05) is 6.07 Å². The van der Waals surface area contributed by atoms with Gasteiger partial charge in [-0.05, 0) is 31.7 Å². The van der Waals surface area contributed by atoms with E-state index in [2.05, 4.69) is 29.1 Å². The second-order valence-corrected chi connectivity index (χ2v) is 7.38. The standard InChI is InChI=1S/C18H21N5OS/c1-13-3-4-15(19-17(13)22-7-5-21(2)6-8-22)20-18(24)14-11-16-23(12-14)9-10-25-16/h3-4,9-12H,5-8H2,1-2H3,(H,19,20,24). The van der Waals surface area contributed by atoms with Crippen LogP contribution in [0, 0.1) is 6.92 Å². The number of hydrogen-bond donors (Lipinski definition) is 1. The Labute approximate surface area is 150 Å². The highest BCUT2D eigenvalue weighted by molar-refractivity contribution is 7.15. The highest BCUT2D eigenvalue weighted by atomic mass is 32.1. The maximum Gasteiger partial charge on any atom is 0.258 e. The first kappa shape index (κ1) is 16.1. The molecule has 1 amide bonds. The van der Waals surface area contributed by atoms with Crippen LogP contribution in [0.4, 0.5) is 11.6 Å². The second-order valence-electron chi connectivity index (χ2n) is 6.46. The summed E-state index contributed by atoms with van der Waals surface area (Å²) in [5.41, 5.74) is 1.78. The lowest BCUT2D eigenvalue weighted by molar-refractivity contribution is 0.102. The smallest absolute Gasteiger partial charge is 0.258 e. The number of aryl methyl sites for hydroxylation is 1. The molecule has 3 aromatic heterocycles. The second kappa shape index (κ2) is 6.50. The molecule has 0 bridgehead atoms. The van der Waals surface area contributed by atoms with Crippen molar-refractivity contribution in [2.75, 3.05) is 43.4 Å². The van der Waals surface area contributed by atoms with Crippen LogP contribution in [0.5, 0.6) is 0 Å². The molecule has 1 fully saturated rings. The van der Waals surface area contributed by atoms with Crippen LogP contribution in [0.3, 0.4) is 0 Å². The number of fused-ring (bicyclic) bond motifs is 1. The number of nitrogens with zero attached hydrogens (tertiary/aromatic N) is 4. The lowest BCUT2D eigenvalue weighted by Crippen LogP contribution is -2.45. The first-order chi connectivity index (χ1) is 12.1. The average molecular weight is 355 g/mol. The zero-order valence-corrected chi connectivity index (χ0v) is 15.2. The fourth-order valence-corrected chi connectivity index (χ4v) is 3.84. The Bertz CT molecular complexity index is 879. The molecular formula is C18H21N5OS. The molecule has 130 valence electrons. The fourth-order valence-electron chi connectivity index (χ4n) is 3.07. The van der Waals surface area contributed by atoms with E-state index in [9.17, 15) is 4.79 Å². The summed E-state index contributed by atoms with van der Waals surface area (Å²) in [6.07, 6.45) is 3.79. The maximum atomic E-state index is 12.5. The molecule has 3 aromatic rings. The van der Waals surface area contributed by atoms with Crippen LogP contribution in [-0.4, -0.2) is 53.4 Å². The van der Waals surface area contributed by atoms with Gasteiger partial charge in [0.25, 0.3) is 5.91 Å². The molecule has 0 aromatic carbocycles. The Balaban J connectivity index is 1.53. The molecule has 0 unspecified atom stereocenters. The van der Waals surface area contributed by atoms with Gasteiger partial charge in [0, 0.05) is 44.0 Å². The molecular weight excluding hydrogens is 334 g/mol. The van der Waals surface area contributed by atoms with E-state index >= 15 is 0 Å². The Hall–Kier alpha value is -2.38. The molecule has 0 radical (unpaired) electrons. The largest absolute Gasteiger partial charge is 0.354 e. The van der Waals surface area contributed by atoms with Crippen LogP contribution >= 0.6 is 11.3 Å². The summed E-state index contributed by atoms with van der Waals surface area (Å²) in [7, 11) is 2.14. The zero-order valence-electron chi connectivity index (χ0n) is 14.4. The number of carbonyl (C=O) groups is 1. The molecule has 0 spiro atoms.